The lowest BCUT2D eigenvalue weighted by Gasteiger charge is -2.19. The van der Waals surface area contributed by atoms with E-state index in [-0.39, 0.29) is 27.6 Å². The number of likely N-dealkylation sites (N-methyl/N-ethyl adjacent to an activating group) is 1. The van der Waals surface area contributed by atoms with Gasteiger partial charge in [0.25, 0.3) is 5.56 Å². The molecule has 0 spiro atoms. The molecule has 2 amide bonds. The number of rotatable bonds is 8. The van der Waals surface area contributed by atoms with Crippen molar-refractivity contribution in [3.8, 4) is 5.69 Å². The lowest BCUT2D eigenvalue weighted by molar-refractivity contribution is 0.246. The Morgan fingerprint density at radius 3 is 2.44 bits per heavy atom. The van der Waals surface area contributed by atoms with Crippen LogP contribution in [0.3, 0.4) is 0 Å². The minimum Gasteiger partial charge on any atom is -0.336 e. The number of fused-ring (bicyclic) bond motifs is 1. The maximum atomic E-state index is 13.3. The van der Waals surface area contributed by atoms with Crippen molar-refractivity contribution in [2.75, 3.05) is 39.1 Å². The van der Waals surface area contributed by atoms with Crippen molar-refractivity contribution < 1.29 is 4.79 Å². The molecule has 0 bridgehead atoms. The molecule has 206 valence electrons. The largest absolute Gasteiger partial charge is 0.336 e. The molecule has 2 aromatic heterocycles. The highest BCUT2D eigenvalue weighted by Gasteiger charge is 2.23. The van der Waals surface area contributed by atoms with Gasteiger partial charge in [0, 0.05) is 37.3 Å². The second kappa shape index (κ2) is 12.0. The first-order valence-electron chi connectivity index (χ1n) is 12.4. The van der Waals surface area contributed by atoms with Crippen molar-refractivity contribution >= 4 is 57.6 Å². The molecule has 2 aromatic carbocycles. The molecular weight excluding hydrogens is 561 g/mol. The normalized spacial score (nSPS) is 11.5. The Balaban J connectivity index is 1.71. The molecule has 0 aliphatic rings. The molecule has 4 aromatic rings. The van der Waals surface area contributed by atoms with Gasteiger partial charge in [-0.1, -0.05) is 60.8 Å². The number of carbonyl (C=O) groups excluding carboxylic acids is 1. The van der Waals surface area contributed by atoms with Crippen LogP contribution in [0.2, 0.25) is 15.1 Å². The van der Waals surface area contributed by atoms with Crippen LogP contribution in [0.1, 0.15) is 36.8 Å². The van der Waals surface area contributed by atoms with Gasteiger partial charge in [-0.15, -0.1) is 0 Å². The molecule has 0 atom stereocenters. The van der Waals surface area contributed by atoms with Gasteiger partial charge < -0.3 is 15.2 Å². The molecule has 2 heterocycles. The first-order chi connectivity index (χ1) is 18.5. The number of urea groups is 1. The second-order valence-electron chi connectivity index (χ2n) is 9.82. The van der Waals surface area contributed by atoms with Gasteiger partial charge in [-0.2, -0.15) is 5.10 Å². The van der Waals surface area contributed by atoms with Crippen LogP contribution in [-0.4, -0.2) is 64.9 Å². The van der Waals surface area contributed by atoms with Crippen LogP contribution in [0, 0.1) is 0 Å². The SMILES string of the molecule is CC(C)c1nn(-c2c(Cl)cc(Cl)cc2Cl)c2nc(Cc3cccc(N(C)C(=O)NCCN(C)C)c3)[nH]c(=O)c12. The summed E-state index contributed by atoms with van der Waals surface area (Å²) >= 11 is 19.1. The Kier molecular flexibility index (Phi) is 8.86. The average molecular weight is 591 g/mol. The van der Waals surface area contributed by atoms with Crippen LogP contribution < -0.4 is 15.8 Å². The van der Waals surface area contributed by atoms with E-state index in [4.69, 9.17) is 39.8 Å². The summed E-state index contributed by atoms with van der Waals surface area (Å²) in [6.07, 6.45) is 0.319. The average Bonchev–Trinajstić information content (AvgIpc) is 3.23. The molecule has 0 saturated heterocycles. The predicted octanol–water partition coefficient (Wildman–Crippen LogP) is 5.49. The Hall–Kier alpha value is -3.11. The molecule has 9 nitrogen and oxygen atoms in total. The van der Waals surface area contributed by atoms with E-state index in [1.165, 1.54) is 4.68 Å². The first kappa shape index (κ1) is 28.9. The number of halogens is 3. The van der Waals surface area contributed by atoms with Gasteiger partial charge in [0.15, 0.2) is 5.65 Å². The number of carbonyl (C=O) groups is 1. The quantitative estimate of drug-likeness (QED) is 0.283. The predicted molar refractivity (Wildman–Crippen MR) is 158 cm³/mol. The third kappa shape index (κ3) is 6.38. The Morgan fingerprint density at radius 1 is 1.10 bits per heavy atom. The van der Waals surface area contributed by atoms with Crippen LogP contribution in [0.4, 0.5) is 10.5 Å². The van der Waals surface area contributed by atoms with Crippen molar-refractivity contribution in [1.29, 1.82) is 0 Å². The number of amides is 2. The maximum Gasteiger partial charge on any atom is 0.321 e. The number of anilines is 1. The van der Waals surface area contributed by atoms with Crippen molar-refractivity contribution in [3.05, 3.63) is 78.9 Å². The monoisotopic (exact) mass is 589 g/mol. The summed E-state index contributed by atoms with van der Waals surface area (Å²) in [5.41, 5.74) is 2.59. The van der Waals surface area contributed by atoms with Crippen molar-refractivity contribution in [1.82, 2.24) is 30.0 Å². The number of aromatic amines is 1. The number of H-pyrrole nitrogens is 1. The Morgan fingerprint density at radius 2 is 1.79 bits per heavy atom. The third-order valence-electron chi connectivity index (χ3n) is 6.16. The van der Waals surface area contributed by atoms with E-state index in [0.717, 1.165) is 12.1 Å². The number of nitrogens with zero attached hydrogens (tertiary/aromatic N) is 5. The molecule has 0 fully saturated rings. The molecule has 0 unspecified atom stereocenters. The molecule has 2 N–H and O–H groups in total. The summed E-state index contributed by atoms with van der Waals surface area (Å²) < 4.78 is 1.51. The highest BCUT2D eigenvalue weighted by molar-refractivity contribution is 6.40. The Bertz CT molecular complexity index is 1560. The van der Waals surface area contributed by atoms with Gasteiger partial charge in [-0.3, -0.25) is 9.69 Å². The number of hydrogen-bond acceptors (Lipinski definition) is 5. The molecule has 0 aliphatic heterocycles. The van der Waals surface area contributed by atoms with Crippen LogP contribution in [0.25, 0.3) is 16.7 Å². The zero-order chi connectivity index (χ0) is 28.4. The van der Waals surface area contributed by atoms with Gasteiger partial charge in [-0.05, 0) is 49.8 Å². The molecule has 4 rings (SSSR count). The summed E-state index contributed by atoms with van der Waals surface area (Å²) in [6.45, 7) is 5.17. The summed E-state index contributed by atoms with van der Waals surface area (Å²) in [7, 11) is 5.61. The fourth-order valence-electron chi connectivity index (χ4n) is 4.17. The summed E-state index contributed by atoms with van der Waals surface area (Å²) in [5.74, 6) is 0.379. The van der Waals surface area contributed by atoms with E-state index >= 15 is 0 Å². The summed E-state index contributed by atoms with van der Waals surface area (Å²) in [5, 5.41) is 8.91. The minimum atomic E-state index is -0.306. The van der Waals surface area contributed by atoms with Crippen LogP contribution in [-0.2, 0) is 6.42 Å². The van der Waals surface area contributed by atoms with Gasteiger partial charge in [0.2, 0.25) is 0 Å². The van der Waals surface area contributed by atoms with Crippen molar-refractivity contribution in [2.24, 2.45) is 0 Å². The topological polar surface area (TPSA) is 99.2 Å². The molecule has 0 aliphatic carbocycles. The van der Waals surface area contributed by atoms with Crippen molar-refractivity contribution in [3.63, 3.8) is 0 Å². The minimum absolute atomic E-state index is 0.0524. The van der Waals surface area contributed by atoms with E-state index in [9.17, 15) is 9.59 Å². The first-order valence-corrected chi connectivity index (χ1v) is 13.5. The number of aromatic nitrogens is 4. The number of benzene rings is 2. The van der Waals surface area contributed by atoms with E-state index in [0.29, 0.717) is 51.9 Å². The van der Waals surface area contributed by atoms with Gasteiger partial charge >= 0.3 is 6.03 Å². The molecule has 39 heavy (non-hydrogen) atoms. The molecule has 0 radical (unpaired) electrons. The maximum absolute atomic E-state index is 13.3. The molecule has 12 heteroatoms. The van der Waals surface area contributed by atoms with Crippen LogP contribution in [0.5, 0.6) is 0 Å². The standard InChI is InChI=1S/C27H30Cl3N7O2/c1-15(2)23-22-25(37(34-23)24-19(29)13-17(28)14-20(24)30)32-21(33-26(22)38)12-16-7-6-8-18(11-16)36(5)27(39)31-9-10-35(3)4/h6-8,11,13-15H,9-10,12H2,1-5H3,(H,31,39)(H,32,33,38). The smallest absolute Gasteiger partial charge is 0.321 e. The molecular formula is C27H30Cl3N7O2. The van der Waals surface area contributed by atoms with Gasteiger partial charge in [0.05, 0.1) is 15.7 Å². The van der Waals surface area contributed by atoms with E-state index < -0.39 is 0 Å². The van der Waals surface area contributed by atoms with E-state index in [1.54, 1.807) is 24.1 Å². The van der Waals surface area contributed by atoms with E-state index in [1.807, 2.05) is 57.1 Å². The third-order valence-corrected chi connectivity index (χ3v) is 6.96. The highest BCUT2D eigenvalue weighted by atomic mass is 35.5. The fraction of sp³-hybridized carbons (Fsp3) is 0.333. The zero-order valence-corrected chi connectivity index (χ0v) is 24.6. The zero-order valence-electron chi connectivity index (χ0n) is 22.3. The lowest BCUT2D eigenvalue weighted by atomic mass is 10.1. The van der Waals surface area contributed by atoms with E-state index in [2.05, 4.69) is 15.4 Å². The van der Waals surface area contributed by atoms with Crippen molar-refractivity contribution in [2.45, 2.75) is 26.2 Å². The summed E-state index contributed by atoms with van der Waals surface area (Å²) in [6, 6.07) is 10.4. The fourth-order valence-corrected chi connectivity index (χ4v) is 5.14. The van der Waals surface area contributed by atoms with Gasteiger partial charge in [-0.25, -0.2) is 14.5 Å². The summed E-state index contributed by atoms with van der Waals surface area (Å²) in [4.78, 5) is 37.1. The number of hydrogen-bond donors (Lipinski definition) is 2. The lowest BCUT2D eigenvalue weighted by Crippen LogP contribution is -2.40. The van der Waals surface area contributed by atoms with Gasteiger partial charge in [0.1, 0.15) is 16.9 Å². The highest BCUT2D eigenvalue weighted by Crippen LogP contribution is 2.34. The number of nitrogens with one attached hydrogen (secondary N) is 2. The second-order valence-corrected chi connectivity index (χ2v) is 11.1. The van der Waals surface area contributed by atoms with Crippen LogP contribution in [0.15, 0.2) is 41.2 Å². The van der Waals surface area contributed by atoms with Crippen LogP contribution >= 0.6 is 34.8 Å². The molecule has 0 saturated carbocycles. The Labute approximate surface area is 241 Å².